The van der Waals surface area contributed by atoms with E-state index in [2.05, 4.69) is 41.2 Å². The number of rotatable bonds is 3. The van der Waals surface area contributed by atoms with Crippen molar-refractivity contribution >= 4 is 5.69 Å². The van der Waals surface area contributed by atoms with Crippen molar-refractivity contribution in [3.8, 4) is 0 Å². The van der Waals surface area contributed by atoms with Crippen molar-refractivity contribution in [1.29, 1.82) is 0 Å². The molecule has 1 aliphatic rings. The lowest BCUT2D eigenvalue weighted by Crippen LogP contribution is -2.04. The van der Waals surface area contributed by atoms with E-state index in [9.17, 15) is 0 Å². The minimum absolute atomic E-state index is 0.573. The van der Waals surface area contributed by atoms with Crippen molar-refractivity contribution in [1.82, 2.24) is 9.97 Å². The van der Waals surface area contributed by atoms with Crippen LogP contribution in [0.2, 0.25) is 0 Å². The highest BCUT2D eigenvalue weighted by Gasteiger charge is 2.27. The van der Waals surface area contributed by atoms with Gasteiger partial charge in [-0.1, -0.05) is 24.3 Å². The van der Waals surface area contributed by atoms with E-state index in [0.717, 1.165) is 23.6 Å². The normalized spacial score (nSPS) is 14.7. The maximum Gasteiger partial charge on any atom is 0.133 e. The zero-order chi connectivity index (χ0) is 12.5. The second-order valence-corrected chi connectivity index (χ2v) is 5.00. The van der Waals surface area contributed by atoms with Crippen LogP contribution in [0.25, 0.3) is 0 Å². The highest BCUT2D eigenvalue weighted by atomic mass is 14.9. The minimum Gasteiger partial charge on any atom is -0.396 e. The van der Waals surface area contributed by atoms with Gasteiger partial charge in [-0.25, -0.2) is 9.97 Å². The van der Waals surface area contributed by atoms with Crippen LogP contribution in [0.5, 0.6) is 0 Å². The Bertz CT molecular complexity index is 574. The summed E-state index contributed by atoms with van der Waals surface area (Å²) < 4.78 is 0. The summed E-state index contributed by atoms with van der Waals surface area (Å²) in [6, 6.07) is 8.36. The molecule has 2 aromatic rings. The van der Waals surface area contributed by atoms with Crippen molar-refractivity contribution in [2.24, 2.45) is 0 Å². The van der Waals surface area contributed by atoms with Gasteiger partial charge in [0.2, 0.25) is 0 Å². The molecule has 18 heavy (non-hydrogen) atoms. The van der Waals surface area contributed by atoms with Crippen LogP contribution in [-0.2, 0) is 6.42 Å². The molecule has 1 heterocycles. The molecule has 3 heteroatoms. The molecule has 0 saturated heterocycles. The van der Waals surface area contributed by atoms with Gasteiger partial charge in [0.25, 0.3) is 0 Å². The summed E-state index contributed by atoms with van der Waals surface area (Å²) in [6.45, 7) is 2.12. The van der Waals surface area contributed by atoms with Gasteiger partial charge in [0.1, 0.15) is 5.82 Å². The van der Waals surface area contributed by atoms with Crippen LogP contribution in [0.4, 0.5) is 5.69 Å². The third-order valence-electron chi connectivity index (χ3n) is 3.47. The molecule has 1 fully saturated rings. The predicted molar refractivity (Wildman–Crippen MR) is 72.4 cm³/mol. The third-order valence-corrected chi connectivity index (χ3v) is 3.47. The predicted octanol–water partition coefficient (Wildman–Crippen LogP) is 2.84. The van der Waals surface area contributed by atoms with Gasteiger partial charge in [0.15, 0.2) is 0 Å². The van der Waals surface area contributed by atoms with E-state index in [0.29, 0.717) is 5.92 Å². The number of nitrogen functional groups attached to an aromatic ring is 1. The molecule has 0 amide bonds. The monoisotopic (exact) mass is 239 g/mol. The second kappa shape index (κ2) is 4.41. The Labute approximate surface area is 107 Å². The van der Waals surface area contributed by atoms with Gasteiger partial charge in [-0.3, -0.25) is 0 Å². The smallest absolute Gasteiger partial charge is 0.133 e. The first-order chi connectivity index (χ1) is 8.74. The summed E-state index contributed by atoms with van der Waals surface area (Å²) in [7, 11) is 0. The van der Waals surface area contributed by atoms with Crippen LogP contribution < -0.4 is 5.73 Å². The van der Waals surface area contributed by atoms with Gasteiger partial charge in [0.05, 0.1) is 17.6 Å². The lowest BCUT2D eigenvalue weighted by atomic mass is 10.1. The number of hydrogen-bond acceptors (Lipinski definition) is 3. The van der Waals surface area contributed by atoms with E-state index in [1.165, 1.54) is 24.0 Å². The molecule has 0 spiro atoms. The third kappa shape index (κ3) is 2.21. The van der Waals surface area contributed by atoms with Crippen LogP contribution in [0.15, 0.2) is 30.5 Å². The highest BCUT2D eigenvalue weighted by Crippen LogP contribution is 2.41. The van der Waals surface area contributed by atoms with Gasteiger partial charge < -0.3 is 5.73 Å². The molecule has 0 unspecified atom stereocenters. The standard InChI is InChI=1S/C15H17N3/c1-10-4-2-3-5-12(10)8-14-17-9-13(16)15(18-14)11-6-7-11/h2-5,9,11H,6-8,16H2,1H3. The van der Waals surface area contributed by atoms with Gasteiger partial charge >= 0.3 is 0 Å². The van der Waals surface area contributed by atoms with Crippen molar-refractivity contribution in [2.75, 3.05) is 5.73 Å². The van der Waals surface area contributed by atoms with E-state index in [4.69, 9.17) is 5.73 Å². The van der Waals surface area contributed by atoms with Crippen LogP contribution in [0.3, 0.4) is 0 Å². The topological polar surface area (TPSA) is 51.8 Å². The maximum absolute atomic E-state index is 5.93. The van der Waals surface area contributed by atoms with Gasteiger partial charge in [-0.15, -0.1) is 0 Å². The van der Waals surface area contributed by atoms with E-state index in [1.807, 2.05) is 0 Å². The molecule has 0 atom stereocenters. The maximum atomic E-state index is 5.93. The summed E-state index contributed by atoms with van der Waals surface area (Å²) in [5, 5.41) is 0. The lowest BCUT2D eigenvalue weighted by Gasteiger charge is -2.07. The Balaban J connectivity index is 1.89. The van der Waals surface area contributed by atoms with Crippen LogP contribution >= 0.6 is 0 Å². The van der Waals surface area contributed by atoms with Crippen molar-refractivity contribution in [3.05, 3.63) is 53.1 Å². The molecule has 2 N–H and O–H groups in total. The number of nitrogens with zero attached hydrogens (tertiary/aromatic N) is 2. The molecular weight excluding hydrogens is 222 g/mol. The Kier molecular flexibility index (Phi) is 2.74. The first-order valence-corrected chi connectivity index (χ1v) is 6.40. The van der Waals surface area contributed by atoms with E-state index in [-0.39, 0.29) is 0 Å². The van der Waals surface area contributed by atoms with Crippen LogP contribution in [0, 0.1) is 6.92 Å². The van der Waals surface area contributed by atoms with E-state index < -0.39 is 0 Å². The fraction of sp³-hybridized carbons (Fsp3) is 0.333. The molecule has 0 aliphatic heterocycles. The van der Waals surface area contributed by atoms with E-state index in [1.54, 1.807) is 6.20 Å². The first kappa shape index (κ1) is 11.2. The highest BCUT2D eigenvalue weighted by molar-refractivity contribution is 5.44. The number of aromatic nitrogens is 2. The number of aryl methyl sites for hydroxylation is 1. The number of nitrogens with two attached hydrogens (primary N) is 1. The first-order valence-electron chi connectivity index (χ1n) is 6.40. The Morgan fingerprint density at radius 1 is 1.28 bits per heavy atom. The molecule has 1 aromatic carbocycles. The number of benzene rings is 1. The van der Waals surface area contributed by atoms with Crippen LogP contribution in [0.1, 0.15) is 41.4 Å². The SMILES string of the molecule is Cc1ccccc1Cc1ncc(N)c(C2CC2)n1. The average Bonchev–Trinajstić information content (AvgIpc) is 3.19. The summed E-state index contributed by atoms with van der Waals surface area (Å²) in [4.78, 5) is 8.98. The molecule has 0 bridgehead atoms. The summed E-state index contributed by atoms with van der Waals surface area (Å²) in [5.74, 6) is 1.45. The Morgan fingerprint density at radius 3 is 2.78 bits per heavy atom. The zero-order valence-electron chi connectivity index (χ0n) is 10.6. The number of hydrogen-bond donors (Lipinski definition) is 1. The van der Waals surface area contributed by atoms with E-state index >= 15 is 0 Å². The molecule has 1 aromatic heterocycles. The summed E-state index contributed by atoms with van der Waals surface area (Å²) in [6.07, 6.45) is 4.97. The fourth-order valence-corrected chi connectivity index (χ4v) is 2.19. The Morgan fingerprint density at radius 2 is 2.06 bits per heavy atom. The summed E-state index contributed by atoms with van der Waals surface area (Å²) in [5.41, 5.74) is 10.3. The molecule has 1 saturated carbocycles. The van der Waals surface area contributed by atoms with Crippen molar-refractivity contribution < 1.29 is 0 Å². The number of anilines is 1. The molecule has 1 aliphatic carbocycles. The van der Waals surface area contributed by atoms with Gasteiger partial charge in [0, 0.05) is 12.3 Å². The molecule has 0 radical (unpaired) electrons. The van der Waals surface area contributed by atoms with Crippen molar-refractivity contribution in [3.63, 3.8) is 0 Å². The van der Waals surface area contributed by atoms with Gasteiger partial charge in [-0.2, -0.15) is 0 Å². The quantitative estimate of drug-likeness (QED) is 0.896. The Hall–Kier alpha value is -1.90. The zero-order valence-corrected chi connectivity index (χ0v) is 10.6. The second-order valence-electron chi connectivity index (χ2n) is 5.00. The average molecular weight is 239 g/mol. The summed E-state index contributed by atoms with van der Waals surface area (Å²) >= 11 is 0. The van der Waals surface area contributed by atoms with Crippen LogP contribution in [-0.4, -0.2) is 9.97 Å². The fourth-order valence-electron chi connectivity index (χ4n) is 2.19. The minimum atomic E-state index is 0.573. The molecule has 92 valence electrons. The van der Waals surface area contributed by atoms with Gasteiger partial charge in [-0.05, 0) is 30.9 Å². The largest absolute Gasteiger partial charge is 0.396 e. The molecule has 3 rings (SSSR count). The molecular formula is C15H17N3. The lowest BCUT2D eigenvalue weighted by molar-refractivity contribution is 0.901. The molecule has 3 nitrogen and oxygen atoms in total. The van der Waals surface area contributed by atoms with Crippen molar-refractivity contribution in [2.45, 2.75) is 32.1 Å².